The van der Waals surface area contributed by atoms with Gasteiger partial charge in [-0.2, -0.15) is 0 Å². The molecule has 2 amide bonds. The van der Waals surface area contributed by atoms with E-state index in [-0.39, 0.29) is 24.5 Å². The van der Waals surface area contributed by atoms with E-state index in [4.69, 9.17) is 14.2 Å². The van der Waals surface area contributed by atoms with Crippen molar-refractivity contribution in [3.05, 3.63) is 77.9 Å². The Hall–Kier alpha value is -4.44. The number of aromatic nitrogens is 3. The fourth-order valence-corrected chi connectivity index (χ4v) is 5.26. The molecule has 10 nitrogen and oxygen atoms in total. The number of carbonyl (C=O) groups is 2. The monoisotopic (exact) mass is 541 g/mol. The number of carbonyl (C=O) groups excluding carboxylic acids is 2. The molecule has 3 aromatic carbocycles. The van der Waals surface area contributed by atoms with E-state index in [0.29, 0.717) is 49.1 Å². The van der Waals surface area contributed by atoms with Crippen molar-refractivity contribution in [1.82, 2.24) is 20.3 Å². The summed E-state index contributed by atoms with van der Waals surface area (Å²) < 4.78 is 18.8. The van der Waals surface area contributed by atoms with Crippen molar-refractivity contribution in [1.29, 1.82) is 0 Å². The van der Waals surface area contributed by atoms with Crippen LogP contribution >= 0.6 is 0 Å². The molecule has 1 aromatic heterocycles. The number of anilines is 1. The van der Waals surface area contributed by atoms with Gasteiger partial charge in [-0.05, 0) is 55.2 Å². The zero-order valence-electron chi connectivity index (χ0n) is 22.3. The van der Waals surface area contributed by atoms with E-state index in [0.717, 1.165) is 29.5 Å². The van der Waals surface area contributed by atoms with Gasteiger partial charge in [-0.25, -0.2) is 4.68 Å². The number of aryl methyl sites for hydroxylation is 1. The number of benzene rings is 3. The lowest BCUT2D eigenvalue weighted by atomic mass is 9.98. The highest BCUT2D eigenvalue weighted by atomic mass is 16.6. The lowest BCUT2D eigenvalue weighted by molar-refractivity contribution is -0.127. The summed E-state index contributed by atoms with van der Waals surface area (Å²) in [5, 5.41) is 11.5. The molecule has 0 radical (unpaired) electrons. The van der Waals surface area contributed by atoms with Crippen LogP contribution in [-0.4, -0.2) is 59.3 Å². The van der Waals surface area contributed by atoms with Gasteiger partial charge in [0.25, 0.3) is 0 Å². The van der Waals surface area contributed by atoms with Crippen LogP contribution in [0.25, 0.3) is 11.0 Å². The van der Waals surface area contributed by atoms with Gasteiger partial charge in [-0.15, -0.1) is 5.10 Å². The first-order valence-corrected chi connectivity index (χ1v) is 13.5. The summed E-state index contributed by atoms with van der Waals surface area (Å²) in [5.74, 6) is 0.500. The number of nitrogens with one attached hydrogen (secondary N) is 1. The van der Waals surface area contributed by atoms with Gasteiger partial charge >= 0.3 is 0 Å². The highest BCUT2D eigenvalue weighted by Crippen LogP contribution is 2.38. The van der Waals surface area contributed by atoms with Crippen molar-refractivity contribution >= 4 is 28.5 Å². The number of para-hydroxylation sites is 1. The van der Waals surface area contributed by atoms with E-state index >= 15 is 0 Å². The average molecular weight is 542 g/mol. The van der Waals surface area contributed by atoms with E-state index in [1.54, 1.807) is 22.9 Å². The summed E-state index contributed by atoms with van der Waals surface area (Å²) in [4.78, 5) is 29.8. The maximum absolute atomic E-state index is 14.3. The molecular weight excluding hydrogens is 510 g/mol. The second-order valence-corrected chi connectivity index (χ2v) is 9.97. The van der Waals surface area contributed by atoms with E-state index in [1.807, 2.05) is 55.5 Å². The number of fused-ring (bicyclic) bond motifs is 2. The van der Waals surface area contributed by atoms with Crippen LogP contribution in [0.15, 0.2) is 66.7 Å². The van der Waals surface area contributed by atoms with Gasteiger partial charge < -0.3 is 19.5 Å². The predicted octanol–water partition coefficient (Wildman–Crippen LogP) is 3.58. The van der Waals surface area contributed by atoms with E-state index in [9.17, 15) is 9.59 Å². The Morgan fingerprint density at radius 1 is 1.02 bits per heavy atom. The molecule has 2 atom stereocenters. The van der Waals surface area contributed by atoms with Crippen LogP contribution in [0.1, 0.15) is 30.0 Å². The highest BCUT2D eigenvalue weighted by molar-refractivity contribution is 6.02. The molecule has 0 saturated carbocycles. The summed E-state index contributed by atoms with van der Waals surface area (Å²) >= 11 is 0. The molecule has 2 aliphatic heterocycles. The average Bonchev–Trinajstić information content (AvgIpc) is 3.65. The third-order valence-electron chi connectivity index (χ3n) is 7.30. The SMILES string of the molecule is Cc1ccccc1[C@H](C(=O)NC[C@H]1CCCO1)N(C(=O)Cn1nnc2ccccc21)c1ccc2c(c1)OCCO2. The van der Waals surface area contributed by atoms with Gasteiger partial charge in [0.2, 0.25) is 11.8 Å². The largest absolute Gasteiger partial charge is 0.486 e. The Balaban J connectivity index is 1.42. The van der Waals surface area contributed by atoms with Gasteiger partial charge in [0.1, 0.15) is 31.3 Å². The third kappa shape index (κ3) is 5.22. The minimum absolute atomic E-state index is 0.0403. The molecule has 4 aromatic rings. The second kappa shape index (κ2) is 11.4. The van der Waals surface area contributed by atoms with Crippen LogP contribution in [-0.2, 0) is 20.9 Å². The van der Waals surface area contributed by atoms with Crippen LogP contribution in [0, 0.1) is 6.92 Å². The lowest BCUT2D eigenvalue weighted by Crippen LogP contribution is -2.47. The molecule has 1 fully saturated rings. The smallest absolute Gasteiger partial charge is 0.249 e. The first-order valence-electron chi connectivity index (χ1n) is 13.5. The lowest BCUT2D eigenvalue weighted by Gasteiger charge is -2.33. The summed E-state index contributed by atoms with van der Waals surface area (Å²) in [6.45, 7) is 3.74. The number of hydrogen-bond donors (Lipinski definition) is 1. The first-order chi connectivity index (χ1) is 19.6. The fourth-order valence-electron chi connectivity index (χ4n) is 5.26. The van der Waals surface area contributed by atoms with Crippen LogP contribution in [0.2, 0.25) is 0 Å². The summed E-state index contributed by atoms with van der Waals surface area (Å²) in [6, 6.07) is 19.4. The first kappa shape index (κ1) is 25.8. The van der Waals surface area contributed by atoms with Crippen molar-refractivity contribution in [2.45, 2.75) is 38.5 Å². The quantitative estimate of drug-likeness (QED) is 0.363. The molecular formula is C30H31N5O5. The van der Waals surface area contributed by atoms with Crippen molar-refractivity contribution in [2.24, 2.45) is 0 Å². The molecule has 2 aliphatic rings. The second-order valence-electron chi connectivity index (χ2n) is 9.97. The Kier molecular flexibility index (Phi) is 7.33. The molecule has 1 N–H and O–H groups in total. The van der Waals surface area contributed by atoms with E-state index < -0.39 is 6.04 Å². The number of hydrogen-bond acceptors (Lipinski definition) is 7. The zero-order chi connectivity index (χ0) is 27.5. The van der Waals surface area contributed by atoms with Crippen LogP contribution < -0.4 is 19.7 Å². The molecule has 1 saturated heterocycles. The van der Waals surface area contributed by atoms with Gasteiger partial charge in [0.15, 0.2) is 11.5 Å². The fraction of sp³-hybridized carbons (Fsp3) is 0.333. The van der Waals surface area contributed by atoms with Crippen LogP contribution in [0.5, 0.6) is 11.5 Å². The Labute approximate surface area is 231 Å². The van der Waals surface area contributed by atoms with E-state index in [1.165, 1.54) is 4.90 Å². The van der Waals surface area contributed by atoms with Gasteiger partial charge in [-0.1, -0.05) is 41.6 Å². The molecule has 10 heteroatoms. The summed E-state index contributed by atoms with van der Waals surface area (Å²) in [7, 11) is 0. The normalized spacial score (nSPS) is 17.0. The maximum Gasteiger partial charge on any atom is 0.249 e. The topological polar surface area (TPSA) is 108 Å². The Morgan fingerprint density at radius 2 is 1.82 bits per heavy atom. The zero-order valence-corrected chi connectivity index (χ0v) is 22.3. The molecule has 40 heavy (non-hydrogen) atoms. The molecule has 206 valence electrons. The number of rotatable bonds is 8. The Bertz CT molecular complexity index is 1530. The Morgan fingerprint density at radius 3 is 2.65 bits per heavy atom. The van der Waals surface area contributed by atoms with Gasteiger partial charge in [0, 0.05) is 24.9 Å². The van der Waals surface area contributed by atoms with Crippen LogP contribution in [0.3, 0.4) is 0 Å². The van der Waals surface area contributed by atoms with Gasteiger partial charge in [0.05, 0.1) is 11.6 Å². The standard InChI is InChI=1S/C30H31N5O5/c1-20-7-2-3-9-23(20)29(30(37)31-18-22-8-6-14-38-22)35(21-12-13-26-27(17-21)40-16-15-39-26)28(36)19-34-25-11-5-4-10-24(25)32-33-34/h2-5,7,9-13,17,22,29H,6,8,14-16,18-19H2,1H3,(H,31,37)/t22-,29-/m1/s1. The van der Waals surface area contributed by atoms with Crippen LogP contribution in [0.4, 0.5) is 5.69 Å². The van der Waals surface area contributed by atoms with Crippen molar-refractivity contribution in [3.8, 4) is 11.5 Å². The molecule has 0 spiro atoms. The van der Waals surface area contributed by atoms with Crippen molar-refractivity contribution < 1.29 is 23.8 Å². The minimum atomic E-state index is -0.951. The molecule has 3 heterocycles. The van der Waals surface area contributed by atoms with Gasteiger partial charge in [-0.3, -0.25) is 14.5 Å². The van der Waals surface area contributed by atoms with Crippen molar-refractivity contribution in [3.63, 3.8) is 0 Å². The molecule has 0 bridgehead atoms. The number of nitrogens with zero attached hydrogens (tertiary/aromatic N) is 4. The maximum atomic E-state index is 14.3. The molecule has 0 aliphatic carbocycles. The summed E-state index contributed by atoms with van der Waals surface area (Å²) in [5.41, 5.74) is 3.54. The predicted molar refractivity (Wildman–Crippen MR) is 148 cm³/mol. The third-order valence-corrected chi connectivity index (χ3v) is 7.30. The minimum Gasteiger partial charge on any atom is -0.486 e. The molecule has 0 unspecified atom stereocenters. The molecule has 6 rings (SSSR count). The van der Waals surface area contributed by atoms with E-state index in [2.05, 4.69) is 15.6 Å². The summed E-state index contributed by atoms with van der Waals surface area (Å²) in [6.07, 6.45) is 1.82. The number of amides is 2. The highest BCUT2D eigenvalue weighted by Gasteiger charge is 2.35. The number of ether oxygens (including phenoxy) is 3. The van der Waals surface area contributed by atoms with Crippen molar-refractivity contribution in [2.75, 3.05) is 31.3 Å².